The number of ether oxygens (including phenoxy) is 1. The van der Waals surface area contributed by atoms with Gasteiger partial charge in [0.1, 0.15) is 11.4 Å². The minimum atomic E-state index is -0.532. The first-order chi connectivity index (χ1) is 8.70. The first-order valence-electron chi connectivity index (χ1n) is 6.08. The zero-order chi connectivity index (χ0) is 13.0. The number of aromatic nitrogens is 1. The molecule has 2 heterocycles. The molecule has 1 saturated heterocycles. The Kier molecular flexibility index (Phi) is 3.92. The monoisotopic (exact) mass is 248 g/mol. The molecule has 18 heavy (non-hydrogen) atoms. The van der Waals surface area contributed by atoms with E-state index in [1.54, 1.807) is 19.1 Å². The van der Waals surface area contributed by atoms with Crippen molar-refractivity contribution in [3.8, 4) is 5.75 Å². The molecule has 1 aromatic heterocycles. The van der Waals surface area contributed by atoms with Gasteiger partial charge in [0, 0.05) is 12.2 Å². The lowest BCUT2D eigenvalue weighted by Crippen LogP contribution is -2.36. The Bertz CT molecular complexity index is 460. The van der Waals surface area contributed by atoms with Crippen LogP contribution in [0.1, 0.15) is 35.4 Å². The van der Waals surface area contributed by atoms with Crippen LogP contribution in [0.2, 0.25) is 0 Å². The van der Waals surface area contributed by atoms with Crippen LogP contribution in [0.5, 0.6) is 5.75 Å². The number of aldehydes is 1. The molecule has 0 radical (unpaired) electrons. The van der Waals surface area contributed by atoms with Crippen molar-refractivity contribution >= 4 is 12.2 Å². The Labute approximate surface area is 106 Å². The molecule has 0 bridgehead atoms. The third-order valence-electron chi connectivity index (χ3n) is 2.89. The maximum absolute atomic E-state index is 11.7. The topological polar surface area (TPSA) is 68.3 Å². The fraction of sp³-hybridized carbons (Fsp3) is 0.462. The van der Waals surface area contributed by atoms with Gasteiger partial charge >= 0.3 is 0 Å². The lowest BCUT2D eigenvalue weighted by atomic mass is 10.2. The van der Waals surface area contributed by atoms with Gasteiger partial charge in [-0.3, -0.25) is 9.59 Å². The van der Waals surface area contributed by atoms with E-state index in [9.17, 15) is 9.59 Å². The predicted molar refractivity (Wildman–Crippen MR) is 65.6 cm³/mol. The highest BCUT2D eigenvalue weighted by Gasteiger charge is 2.23. The number of nitrogens with one attached hydrogen (secondary N) is 1. The average molecular weight is 248 g/mol. The fourth-order valence-corrected chi connectivity index (χ4v) is 1.93. The van der Waals surface area contributed by atoms with Gasteiger partial charge in [0.25, 0.3) is 5.91 Å². The largest absolute Gasteiger partial charge is 0.478 e. The van der Waals surface area contributed by atoms with Crippen LogP contribution in [-0.4, -0.2) is 29.8 Å². The van der Waals surface area contributed by atoms with Crippen LogP contribution in [0, 0.1) is 6.92 Å². The van der Waals surface area contributed by atoms with Crippen LogP contribution >= 0.6 is 0 Å². The summed E-state index contributed by atoms with van der Waals surface area (Å²) in [5.41, 5.74) is 0.988. The number of hydrogen-bond acceptors (Lipinski definition) is 4. The number of rotatable bonds is 3. The van der Waals surface area contributed by atoms with Gasteiger partial charge < -0.3 is 10.1 Å². The molecule has 0 spiro atoms. The van der Waals surface area contributed by atoms with Crippen molar-refractivity contribution in [3.05, 3.63) is 23.5 Å². The second-order valence-corrected chi connectivity index (χ2v) is 4.35. The SMILES string of the molecule is Cc1ccc(OC2CCCCNC2=O)c(C=O)n1. The molecule has 1 aliphatic heterocycles. The minimum Gasteiger partial charge on any atom is -0.478 e. The molecule has 0 aliphatic carbocycles. The highest BCUT2D eigenvalue weighted by molar-refractivity contribution is 5.82. The quantitative estimate of drug-likeness (QED) is 0.817. The highest BCUT2D eigenvalue weighted by Crippen LogP contribution is 2.19. The second kappa shape index (κ2) is 5.62. The summed E-state index contributed by atoms with van der Waals surface area (Å²) in [6.45, 7) is 2.49. The third kappa shape index (κ3) is 2.85. The molecule has 96 valence electrons. The molecular weight excluding hydrogens is 232 g/mol. The van der Waals surface area contributed by atoms with Crippen molar-refractivity contribution < 1.29 is 14.3 Å². The van der Waals surface area contributed by atoms with Gasteiger partial charge in [-0.05, 0) is 38.3 Å². The summed E-state index contributed by atoms with van der Waals surface area (Å²) in [7, 11) is 0. The molecule has 0 saturated carbocycles. The Morgan fingerprint density at radius 2 is 2.28 bits per heavy atom. The van der Waals surface area contributed by atoms with Crippen molar-refractivity contribution in [2.24, 2.45) is 0 Å². The summed E-state index contributed by atoms with van der Waals surface area (Å²) in [6.07, 6.45) is 2.67. The summed E-state index contributed by atoms with van der Waals surface area (Å²) in [6, 6.07) is 3.45. The van der Waals surface area contributed by atoms with E-state index in [0.717, 1.165) is 18.5 Å². The molecule has 1 fully saturated rings. The van der Waals surface area contributed by atoms with Gasteiger partial charge in [0.05, 0.1) is 0 Å². The zero-order valence-corrected chi connectivity index (χ0v) is 10.3. The van der Waals surface area contributed by atoms with E-state index in [-0.39, 0.29) is 11.6 Å². The number of pyridine rings is 1. The van der Waals surface area contributed by atoms with Crippen molar-refractivity contribution in [1.82, 2.24) is 10.3 Å². The molecule has 0 aromatic carbocycles. The van der Waals surface area contributed by atoms with Crippen LogP contribution in [0.4, 0.5) is 0 Å². The first kappa shape index (κ1) is 12.5. The average Bonchev–Trinajstić information content (AvgIpc) is 2.57. The van der Waals surface area contributed by atoms with Gasteiger partial charge in [0.15, 0.2) is 12.4 Å². The van der Waals surface area contributed by atoms with Crippen molar-refractivity contribution in [3.63, 3.8) is 0 Å². The summed E-state index contributed by atoms with van der Waals surface area (Å²) < 4.78 is 5.62. The summed E-state index contributed by atoms with van der Waals surface area (Å²) >= 11 is 0. The van der Waals surface area contributed by atoms with Gasteiger partial charge in [0.2, 0.25) is 0 Å². The van der Waals surface area contributed by atoms with Gasteiger partial charge in [-0.25, -0.2) is 4.98 Å². The van der Waals surface area contributed by atoms with E-state index in [1.807, 2.05) is 0 Å². The van der Waals surface area contributed by atoms with Crippen molar-refractivity contribution in [2.45, 2.75) is 32.3 Å². The summed E-state index contributed by atoms with van der Waals surface area (Å²) in [5, 5.41) is 2.79. The van der Waals surface area contributed by atoms with E-state index in [2.05, 4.69) is 10.3 Å². The Balaban J connectivity index is 2.17. The Morgan fingerprint density at radius 1 is 1.44 bits per heavy atom. The smallest absolute Gasteiger partial charge is 0.261 e. The molecule has 5 nitrogen and oxygen atoms in total. The number of nitrogens with zero attached hydrogens (tertiary/aromatic N) is 1. The molecular formula is C13H16N2O3. The van der Waals surface area contributed by atoms with Crippen LogP contribution in [-0.2, 0) is 4.79 Å². The molecule has 5 heteroatoms. The second-order valence-electron chi connectivity index (χ2n) is 4.35. The van der Waals surface area contributed by atoms with E-state index >= 15 is 0 Å². The highest BCUT2D eigenvalue weighted by atomic mass is 16.5. The fourth-order valence-electron chi connectivity index (χ4n) is 1.93. The summed E-state index contributed by atoms with van der Waals surface area (Å²) in [5.74, 6) is 0.252. The van der Waals surface area contributed by atoms with Crippen molar-refractivity contribution in [1.29, 1.82) is 0 Å². The lowest BCUT2D eigenvalue weighted by molar-refractivity contribution is -0.127. The Morgan fingerprint density at radius 3 is 3.06 bits per heavy atom. The number of hydrogen-bond donors (Lipinski definition) is 1. The van der Waals surface area contributed by atoms with Crippen molar-refractivity contribution in [2.75, 3.05) is 6.54 Å². The first-order valence-corrected chi connectivity index (χ1v) is 6.08. The standard InChI is InChI=1S/C13H16N2O3/c1-9-5-6-11(10(8-16)15-9)18-12-4-2-3-7-14-13(12)17/h5-6,8,12H,2-4,7H2,1H3,(H,14,17). The summed E-state index contributed by atoms with van der Waals surface area (Å²) in [4.78, 5) is 26.7. The molecule has 2 rings (SSSR count). The van der Waals surface area contributed by atoms with E-state index in [0.29, 0.717) is 25.0 Å². The van der Waals surface area contributed by atoms with E-state index in [4.69, 9.17) is 4.74 Å². The van der Waals surface area contributed by atoms with Gasteiger partial charge in [-0.2, -0.15) is 0 Å². The normalized spacial score (nSPS) is 19.8. The number of carbonyl (C=O) groups is 2. The zero-order valence-electron chi connectivity index (χ0n) is 10.3. The van der Waals surface area contributed by atoms with E-state index in [1.165, 1.54) is 0 Å². The maximum atomic E-state index is 11.7. The lowest BCUT2D eigenvalue weighted by Gasteiger charge is -2.16. The maximum Gasteiger partial charge on any atom is 0.261 e. The number of carbonyl (C=O) groups excluding carboxylic acids is 2. The molecule has 1 amide bonds. The number of amides is 1. The molecule has 1 unspecified atom stereocenters. The molecule has 1 aliphatic rings. The van der Waals surface area contributed by atoms with Crippen LogP contribution < -0.4 is 10.1 Å². The molecule has 1 atom stereocenters. The minimum absolute atomic E-state index is 0.120. The predicted octanol–water partition coefficient (Wildman–Crippen LogP) is 1.25. The number of aryl methyl sites for hydroxylation is 1. The third-order valence-corrected chi connectivity index (χ3v) is 2.89. The Hall–Kier alpha value is -1.91. The van der Waals surface area contributed by atoms with Gasteiger partial charge in [-0.1, -0.05) is 0 Å². The molecule has 1 aromatic rings. The van der Waals surface area contributed by atoms with Gasteiger partial charge in [-0.15, -0.1) is 0 Å². The van der Waals surface area contributed by atoms with Crippen LogP contribution in [0.3, 0.4) is 0 Å². The van der Waals surface area contributed by atoms with E-state index < -0.39 is 6.10 Å². The molecule has 1 N–H and O–H groups in total. The van der Waals surface area contributed by atoms with Crippen LogP contribution in [0.15, 0.2) is 12.1 Å². The van der Waals surface area contributed by atoms with Crippen LogP contribution in [0.25, 0.3) is 0 Å².